The van der Waals surface area contributed by atoms with Gasteiger partial charge in [0.25, 0.3) is 0 Å². The lowest BCUT2D eigenvalue weighted by Crippen LogP contribution is -2.06. The summed E-state index contributed by atoms with van der Waals surface area (Å²) in [5, 5.41) is 14.7. The van der Waals surface area contributed by atoms with Gasteiger partial charge in [-0.05, 0) is 37.3 Å². The van der Waals surface area contributed by atoms with Crippen LogP contribution in [-0.4, -0.2) is 22.0 Å². The average molecular weight is 285 g/mol. The predicted octanol–water partition coefficient (Wildman–Crippen LogP) is 2.79. The van der Waals surface area contributed by atoms with Crippen LogP contribution in [0.4, 0.5) is 17.2 Å². The first-order valence-electron chi connectivity index (χ1n) is 6.31. The van der Waals surface area contributed by atoms with Gasteiger partial charge in [0.15, 0.2) is 0 Å². The van der Waals surface area contributed by atoms with E-state index in [9.17, 15) is 9.59 Å². The largest absolute Gasteiger partial charge is 0.478 e. The fraction of sp³-hybridized carbons (Fsp3) is 0.133. The number of carboxylic acids is 1. The molecule has 1 aromatic carbocycles. The number of hydrogen-bond acceptors (Lipinski definition) is 4. The Balaban J connectivity index is 2.25. The molecule has 3 N–H and O–H groups in total. The van der Waals surface area contributed by atoms with Crippen molar-refractivity contribution in [1.29, 1.82) is 0 Å². The number of carboxylic acid groups (broad SMARTS) is 1. The van der Waals surface area contributed by atoms with E-state index in [4.69, 9.17) is 5.11 Å². The molecular formula is C15H15N3O3. The molecule has 0 aliphatic heterocycles. The van der Waals surface area contributed by atoms with Crippen LogP contribution in [0, 0.1) is 6.92 Å². The SMILES string of the molecule is CC(=O)Nc1cccc(Nc2cc(C(=O)O)cc(C)n2)c1. The second kappa shape index (κ2) is 6.04. The van der Waals surface area contributed by atoms with Crippen LogP contribution in [0.5, 0.6) is 0 Å². The van der Waals surface area contributed by atoms with Crippen molar-refractivity contribution in [2.75, 3.05) is 10.6 Å². The average Bonchev–Trinajstić information content (AvgIpc) is 2.37. The van der Waals surface area contributed by atoms with Gasteiger partial charge in [-0.15, -0.1) is 0 Å². The minimum atomic E-state index is -1.00. The highest BCUT2D eigenvalue weighted by Crippen LogP contribution is 2.20. The summed E-state index contributed by atoms with van der Waals surface area (Å²) in [5.74, 6) is -0.725. The van der Waals surface area contributed by atoms with Gasteiger partial charge in [0.05, 0.1) is 5.56 Å². The van der Waals surface area contributed by atoms with Crippen LogP contribution in [0.3, 0.4) is 0 Å². The zero-order valence-corrected chi connectivity index (χ0v) is 11.7. The molecule has 0 saturated heterocycles. The normalized spacial score (nSPS) is 10.0. The summed E-state index contributed by atoms with van der Waals surface area (Å²) in [6, 6.07) is 10.0. The number of benzene rings is 1. The Morgan fingerprint density at radius 1 is 1.14 bits per heavy atom. The van der Waals surface area contributed by atoms with Gasteiger partial charge in [-0.25, -0.2) is 9.78 Å². The molecule has 0 spiro atoms. The molecule has 1 aromatic heterocycles. The molecule has 0 unspecified atom stereocenters. The van der Waals surface area contributed by atoms with Crippen LogP contribution < -0.4 is 10.6 Å². The van der Waals surface area contributed by atoms with Gasteiger partial charge in [-0.2, -0.15) is 0 Å². The molecule has 0 saturated carbocycles. The van der Waals surface area contributed by atoms with E-state index >= 15 is 0 Å². The van der Waals surface area contributed by atoms with Crippen molar-refractivity contribution in [3.63, 3.8) is 0 Å². The lowest BCUT2D eigenvalue weighted by atomic mass is 10.2. The maximum absolute atomic E-state index is 11.0. The molecule has 0 aliphatic carbocycles. The molecule has 2 rings (SSSR count). The topological polar surface area (TPSA) is 91.3 Å². The number of aromatic nitrogens is 1. The highest BCUT2D eigenvalue weighted by atomic mass is 16.4. The van der Waals surface area contributed by atoms with Crippen molar-refractivity contribution < 1.29 is 14.7 Å². The van der Waals surface area contributed by atoms with Crippen LogP contribution in [0.25, 0.3) is 0 Å². The maximum atomic E-state index is 11.0. The predicted molar refractivity (Wildman–Crippen MR) is 80.0 cm³/mol. The van der Waals surface area contributed by atoms with Crippen LogP contribution in [0.2, 0.25) is 0 Å². The molecule has 0 aliphatic rings. The first kappa shape index (κ1) is 14.5. The Kier molecular flexibility index (Phi) is 4.18. The molecule has 2 aromatic rings. The molecule has 0 fully saturated rings. The smallest absolute Gasteiger partial charge is 0.335 e. The number of pyridine rings is 1. The summed E-state index contributed by atoms with van der Waals surface area (Å²) in [6.07, 6.45) is 0. The summed E-state index contributed by atoms with van der Waals surface area (Å²) in [4.78, 5) is 26.3. The quantitative estimate of drug-likeness (QED) is 0.803. The van der Waals surface area contributed by atoms with Gasteiger partial charge < -0.3 is 15.7 Å². The number of nitrogens with one attached hydrogen (secondary N) is 2. The molecule has 0 atom stereocenters. The van der Waals surface area contributed by atoms with Gasteiger partial charge in [-0.3, -0.25) is 4.79 Å². The molecule has 6 heteroatoms. The molecular weight excluding hydrogens is 270 g/mol. The number of aryl methyl sites for hydroxylation is 1. The first-order chi connectivity index (χ1) is 9.94. The second-order valence-corrected chi connectivity index (χ2v) is 4.57. The van der Waals surface area contributed by atoms with E-state index in [1.807, 2.05) is 0 Å². The van der Waals surface area contributed by atoms with E-state index in [0.29, 0.717) is 22.9 Å². The summed E-state index contributed by atoms with van der Waals surface area (Å²) in [7, 11) is 0. The Morgan fingerprint density at radius 2 is 1.86 bits per heavy atom. The summed E-state index contributed by atoms with van der Waals surface area (Å²) in [6.45, 7) is 3.16. The second-order valence-electron chi connectivity index (χ2n) is 4.57. The van der Waals surface area contributed by atoms with E-state index in [0.717, 1.165) is 0 Å². The molecule has 6 nitrogen and oxygen atoms in total. The zero-order chi connectivity index (χ0) is 15.4. The first-order valence-corrected chi connectivity index (χ1v) is 6.31. The Bertz CT molecular complexity index is 698. The lowest BCUT2D eigenvalue weighted by molar-refractivity contribution is -0.114. The van der Waals surface area contributed by atoms with Gasteiger partial charge >= 0.3 is 5.97 Å². The number of carbonyl (C=O) groups excluding carboxylic acids is 1. The van der Waals surface area contributed by atoms with Crippen molar-refractivity contribution in [1.82, 2.24) is 4.98 Å². The van der Waals surface area contributed by atoms with Crippen molar-refractivity contribution in [3.8, 4) is 0 Å². The van der Waals surface area contributed by atoms with Crippen molar-refractivity contribution >= 4 is 29.1 Å². The van der Waals surface area contributed by atoms with Crippen LogP contribution in [0.15, 0.2) is 36.4 Å². The summed E-state index contributed by atoms with van der Waals surface area (Å²) in [5.41, 5.74) is 2.13. The van der Waals surface area contributed by atoms with E-state index in [-0.39, 0.29) is 11.5 Å². The van der Waals surface area contributed by atoms with Gasteiger partial charge in [0.1, 0.15) is 5.82 Å². The fourth-order valence-corrected chi connectivity index (χ4v) is 1.88. The van der Waals surface area contributed by atoms with Crippen LogP contribution in [0.1, 0.15) is 23.0 Å². The third kappa shape index (κ3) is 4.04. The number of rotatable bonds is 4. The Hall–Kier alpha value is -2.89. The van der Waals surface area contributed by atoms with Gasteiger partial charge in [0, 0.05) is 24.0 Å². The summed E-state index contributed by atoms with van der Waals surface area (Å²) < 4.78 is 0. The monoisotopic (exact) mass is 285 g/mol. The highest BCUT2D eigenvalue weighted by molar-refractivity contribution is 5.90. The number of aromatic carboxylic acids is 1. The van der Waals surface area contributed by atoms with Crippen LogP contribution in [-0.2, 0) is 4.79 Å². The number of hydrogen-bond donors (Lipinski definition) is 3. The molecule has 0 bridgehead atoms. The lowest BCUT2D eigenvalue weighted by Gasteiger charge is -2.09. The van der Waals surface area contributed by atoms with Gasteiger partial charge in [0.2, 0.25) is 5.91 Å². The summed E-state index contributed by atoms with van der Waals surface area (Å²) >= 11 is 0. The van der Waals surface area contributed by atoms with E-state index in [2.05, 4.69) is 15.6 Å². The molecule has 1 amide bonds. The number of amides is 1. The third-order valence-electron chi connectivity index (χ3n) is 2.66. The van der Waals surface area contributed by atoms with Gasteiger partial charge in [-0.1, -0.05) is 6.07 Å². The third-order valence-corrected chi connectivity index (χ3v) is 2.66. The number of nitrogens with zero attached hydrogens (tertiary/aromatic N) is 1. The highest BCUT2D eigenvalue weighted by Gasteiger charge is 2.07. The van der Waals surface area contributed by atoms with Crippen LogP contribution >= 0.6 is 0 Å². The van der Waals surface area contributed by atoms with E-state index < -0.39 is 5.97 Å². The fourth-order valence-electron chi connectivity index (χ4n) is 1.88. The Labute approximate surface area is 121 Å². The van der Waals surface area contributed by atoms with Crippen molar-refractivity contribution in [3.05, 3.63) is 47.7 Å². The molecule has 0 radical (unpaired) electrons. The zero-order valence-electron chi connectivity index (χ0n) is 11.7. The number of anilines is 3. The van der Waals surface area contributed by atoms with Crippen molar-refractivity contribution in [2.24, 2.45) is 0 Å². The Morgan fingerprint density at radius 3 is 2.52 bits per heavy atom. The number of carbonyl (C=O) groups is 2. The standard InChI is InChI=1S/C15H15N3O3/c1-9-6-11(15(20)21)7-14(16-9)18-13-5-3-4-12(8-13)17-10(2)19/h3-8H,1-2H3,(H,16,18)(H,17,19)(H,20,21). The maximum Gasteiger partial charge on any atom is 0.335 e. The van der Waals surface area contributed by atoms with E-state index in [1.165, 1.54) is 19.1 Å². The minimum absolute atomic E-state index is 0.158. The van der Waals surface area contributed by atoms with E-state index in [1.54, 1.807) is 31.2 Å². The molecule has 1 heterocycles. The molecule has 108 valence electrons. The minimum Gasteiger partial charge on any atom is -0.478 e. The van der Waals surface area contributed by atoms with Crippen molar-refractivity contribution in [2.45, 2.75) is 13.8 Å². The molecule has 21 heavy (non-hydrogen) atoms.